The summed E-state index contributed by atoms with van der Waals surface area (Å²) in [6.07, 6.45) is 2.27. The first-order chi connectivity index (χ1) is 8.15. The van der Waals surface area contributed by atoms with Crippen molar-refractivity contribution in [2.75, 3.05) is 5.32 Å². The molecule has 1 aromatic rings. The zero-order valence-corrected chi connectivity index (χ0v) is 9.98. The summed E-state index contributed by atoms with van der Waals surface area (Å²) in [5.74, 6) is 0. The Morgan fingerprint density at radius 3 is 2.94 bits per heavy atom. The van der Waals surface area contributed by atoms with E-state index in [0.29, 0.717) is 0 Å². The van der Waals surface area contributed by atoms with E-state index in [1.165, 1.54) is 0 Å². The Labute approximate surface area is 101 Å². The monoisotopic (exact) mass is 234 g/mol. The van der Waals surface area contributed by atoms with Crippen LogP contribution in [0.25, 0.3) is 0 Å². The number of nitrogens with one attached hydrogen (secondary N) is 1. The highest BCUT2D eigenvalue weighted by Gasteiger charge is 2.27. The lowest BCUT2D eigenvalue weighted by molar-refractivity contribution is 0.105. The van der Waals surface area contributed by atoms with Crippen molar-refractivity contribution in [3.05, 3.63) is 29.8 Å². The normalized spacial score (nSPS) is 23.4. The maximum atomic E-state index is 11.6. The maximum absolute atomic E-state index is 11.6. The van der Waals surface area contributed by atoms with Crippen molar-refractivity contribution in [3.63, 3.8) is 0 Å². The molecule has 2 unspecified atom stereocenters. The molecule has 2 atom stereocenters. The number of rotatable bonds is 2. The number of aryl methyl sites for hydroxylation is 1. The molecule has 17 heavy (non-hydrogen) atoms. The van der Waals surface area contributed by atoms with Crippen molar-refractivity contribution in [3.8, 4) is 0 Å². The lowest BCUT2D eigenvalue weighted by Crippen LogP contribution is -2.34. The molecular formula is C13H18N2O2. The van der Waals surface area contributed by atoms with Gasteiger partial charge in [-0.3, -0.25) is 5.32 Å². The van der Waals surface area contributed by atoms with Gasteiger partial charge < -0.3 is 10.5 Å². The second-order valence-electron chi connectivity index (χ2n) is 4.53. The highest BCUT2D eigenvalue weighted by molar-refractivity contribution is 5.84. The highest BCUT2D eigenvalue weighted by Crippen LogP contribution is 2.21. The molecule has 1 aliphatic rings. The van der Waals surface area contributed by atoms with Gasteiger partial charge in [-0.05, 0) is 43.9 Å². The van der Waals surface area contributed by atoms with Crippen LogP contribution in [0.3, 0.4) is 0 Å². The Bertz CT molecular complexity index is 406. The van der Waals surface area contributed by atoms with Crippen LogP contribution in [0, 0.1) is 6.92 Å². The molecule has 1 fully saturated rings. The molecule has 3 N–H and O–H groups in total. The van der Waals surface area contributed by atoms with E-state index >= 15 is 0 Å². The van der Waals surface area contributed by atoms with Crippen LogP contribution < -0.4 is 11.1 Å². The molecule has 0 radical (unpaired) electrons. The molecule has 0 bridgehead atoms. The molecule has 0 aromatic heterocycles. The average molecular weight is 234 g/mol. The van der Waals surface area contributed by atoms with E-state index in [1.54, 1.807) is 0 Å². The Morgan fingerprint density at radius 2 is 2.29 bits per heavy atom. The van der Waals surface area contributed by atoms with Crippen LogP contribution in [0.5, 0.6) is 0 Å². The number of carbonyl (C=O) groups excluding carboxylic acids is 1. The van der Waals surface area contributed by atoms with Gasteiger partial charge in [-0.15, -0.1) is 0 Å². The standard InChI is InChI=1S/C13H18N2O2/c1-9-4-2-5-10(8-9)15-13(16)17-12-7-3-6-11(12)14/h2,4-5,8,11-12H,3,6-7,14H2,1H3,(H,15,16). The van der Waals surface area contributed by atoms with E-state index in [0.717, 1.165) is 30.5 Å². The zero-order valence-electron chi connectivity index (χ0n) is 9.98. The molecule has 1 amide bonds. The van der Waals surface area contributed by atoms with E-state index in [-0.39, 0.29) is 12.1 Å². The zero-order chi connectivity index (χ0) is 12.3. The number of hydrogen-bond acceptors (Lipinski definition) is 3. The fourth-order valence-electron chi connectivity index (χ4n) is 2.11. The smallest absolute Gasteiger partial charge is 0.411 e. The topological polar surface area (TPSA) is 64.3 Å². The van der Waals surface area contributed by atoms with Gasteiger partial charge in [0, 0.05) is 11.7 Å². The van der Waals surface area contributed by atoms with Crippen LogP contribution in [0.1, 0.15) is 24.8 Å². The number of hydrogen-bond donors (Lipinski definition) is 2. The van der Waals surface area contributed by atoms with Crippen molar-refractivity contribution in [1.29, 1.82) is 0 Å². The summed E-state index contributed by atoms with van der Waals surface area (Å²) in [6, 6.07) is 7.59. The Hall–Kier alpha value is -1.55. The van der Waals surface area contributed by atoms with Gasteiger partial charge >= 0.3 is 6.09 Å². The number of nitrogens with two attached hydrogens (primary N) is 1. The molecule has 1 aromatic carbocycles. The third kappa shape index (κ3) is 3.20. The molecule has 0 saturated heterocycles. The molecule has 92 valence electrons. The first kappa shape index (κ1) is 11.9. The number of carbonyl (C=O) groups is 1. The number of amides is 1. The van der Waals surface area contributed by atoms with E-state index < -0.39 is 6.09 Å². The van der Waals surface area contributed by atoms with Gasteiger partial charge in [-0.2, -0.15) is 0 Å². The molecule has 0 heterocycles. The predicted molar refractivity (Wildman–Crippen MR) is 66.9 cm³/mol. The Kier molecular flexibility index (Phi) is 3.64. The van der Waals surface area contributed by atoms with Crippen LogP contribution in [-0.4, -0.2) is 18.2 Å². The number of anilines is 1. The summed E-state index contributed by atoms with van der Waals surface area (Å²) in [6.45, 7) is 1.98. The van der Waals surface area contributed by atoms with Gasteiger partial charge in [0.05, 0.1) is 0 Å². The SMILES string of the molecule is Cc1cccc(NC(=O)OC2CCCC2N)c1. The Morgan fingerprint density at radius 1 is 1.47 bits per heavy atom. The number of benzene rings is 1. The van der Waals surface area contributed by atoms with Gasteiger partial charge in [-0.1, -0.05) is 12.1 Å². The van der Waals surface area contributed by atoms with Crippen molar-refractivity contribution in [1.82, 2.24) is 0 Å². The van der Waals surface area contributed by atoms with E-state index in [9.17, 15) is 4.79 Å². The second-order valence-corrected chi connectivity index (χ2v) is 4.53. The maximum Gasteiger partial charge on any atom is 0.411 e. The third-order valence-electron chi connectivity index (χ3n) is 3.03. The van der Waals surface area contributed by atoms with Gasteiger partial charge in [0.2, 0.25) is 0 Å². The van der Waals surface area contributed by atoms with Crippen LogP contribution in [-0.2, 0) is 4.74 Å². The summed E-state index contributed by atoms with van der Waals surface area (Å²) in [4.78, 5) is 11.6. The van der Waals surface area contributed by atoms with Gasteiger partial charge in [0.25, 0.3) is 0 Å². The van der Waals surface area contributed by atoms with Gasteiger partial charge in [-0.25, -0.2) is 4.79 Å². The molecule has 0 aliphatic heterocycles. The lowest BCUT2D eigenvalue weighted by Gasteiger charge is -2.16. The van der Waals surface area contributed by atoms with Crippen molar-refractivity contribution >= 4 is 11.8 Å². The van der Waals surface area contributed by atoms with Crippen molar-refractivity contribution in [2.24, 2.45) is 5.73 Å². The summed E-state index contributed by atoms with van der Waals surface area (Å²) in [5, 5.41) is 2.71. The summed E-state index contributed by atoms with van der Waals surface area (Å²) in [5.41, 5.74) is 7.69. The summed E-state index contributed by atoms with van der Waals surface area (Å²) in [7, 11) is 0. The molecule has 4 nitrogen and oxygen atoms in total. The lowest BCUT2D eigenvalue weighted by atomic mass is 10.2. The Balaban J connectivity index is 1.89. The molecule has 4 heteroatoms. The average Bonchev–Trinajstić information content (AvgIpc) is 2.64. The first-order valence-corrected chi connectivity index (χ1v) is 5.95. The van der Waals surface area contributed by atoms with E-state index in [2.05, 4.69) is 5.32 Å². The van der Waals surface area contributed by atoms with Crippen LogP contribution in [0.15, 0.2) is 24.3 Å². The van der Waals surface area contributed by atoms with Crippen LogP contribution in [0.4, 0.5) is 10.5 Å². The second kappa shape index (κ2) is 5.19. The minimum Gasteiger partial charge on any atom is -0.444 e. The van der Waals surface area contributed by atoms with Gasteiger partial charge in [0.15, 0.2) is 0 Å². The largest absolute Gasteiger partial charge is 0.444 e. The molecule has 1 aliphatic carbocycles. The molecular weight excluding hydrogens is 216 g/mol. The first-order valence-electron chi connectivity index (χ1n) is 5.95. The fraction of sp³-hybridized carbons (Fsp3) is 0.462. The van der Waals surface area contributed by atoms with Crippen molar-refractivity contribution < 1.29 is 9.53 Å². The minimum atomic E-state index is -0.419. The van der Waals surface area contributed by atoms with Crippen LogP contribution >= 0.6 is 0 Å². The molecule has 1 saturated carbocycles. The quantitative estimate of drug-likeness (QED) is 0.826. The predicted octanol–water partition coefficient (Wildman–Crippen LogP) is 2.42. The van der Waals surface area contributed by atoms with E-state index in [4.69, 9.17) is 10.5 Å². The summed E-state index contributed by atoms with van der Waals surface area (Å²) >= 11 is 0. The van der Waals surface area contributed by atoms with E-state index in [1.807, 2.05) is 31.2 Å². The number of ether oxygens (including phenoxy) is 1. The highest BCUT2D eigenvalue weighted by atomic mass is 16.6. The third-order valence-corrected chi connectivity index (χ3v) is 3.03. The van der Waals surface area contributed by atoms with Gasteiger partial charge in [0.1, 0.15) is 6.10 Å². The minimum absolute atomic E-state index is 0.0155. The van der Waals surface area contributed by atoms with Crippen LogP contribution in [0.2, 0.25) is 0 Å². The van der Waals surface area contributed by atoms with Crippen molar-refractivity contribution in [2.45, 2.75) is 38.3 Å². The molecule has 0 spiro atoms. The molecule has 2 rings (SSSR count). The fourth-order valence-corrected chi connectivity index (χ4v) is 2.11. The summed E-state index contributed by atoms with van der Waals surface area (Å²) < 4.78 is 5.29.